The fraction of sp³-hybridized carbons (Fsp3) is 0.222. The van der Waals surface area contributed by atoms with Crippen LogP contribution in [0.2, 0.25) is 0 Å². The second-order valence-corrected chi connectivity index (χ2v) is 8.15. The third-order valence-corrected chi connectivity index (χ3v) is 5.87. The highest BCUT2D eigenvalue weighted by atomic mass is 16.6. The van der Waals surface area contributed by atoms with Crippen molar-refractivity contribution in [3.63, 3.8) is 0 Å². The molecule has 35 heavy (non-hydrogen) atoms. The molecule has 0 fully saturated rings. The Morgan fingerprint density at radius 2 is 1.49 bits per heavy atom. The van der Waals surface area contributed by atoms with Crippen LogP contribution < -0.4 is 15.8 Å². The molecule has 0 radical (unpaired) electrons. The molecule has 3 aromatic carbocycles. The Morgan fingerprint density at radius 3 is 2.06 bits per heavy atom. The van der Waals surface area contributed by atoms with Crippen LogP contribution in [0.15, 0.2) is 72.8 Å². The molecule has 180 valence electrons. The van der Waals surface area contributed by atoms with Crippen LogP contribution in [0.1, 0.15) is 29.0 Å². The van der Waals surface area contributed by atoms with E-state index in [2.05, 4.69) is 5.32 Å². The number of nitrogens with two attached hydrogens (primary N) is 1. The van der Waals surface area contributed by atoms with Crippen molar-refractivity contribution in [3.05, 3.63) is 89.5 Å². The Kier molecular flexibility index (Phi) is 7.30. The van der Waals surface area contributed by atoms with Gasteiger partial charge < -0.3 is 25.3 Å². The molecule has 1 atom stereocenters. The maximum absolute atomic E-state index is 12.6. The van der Waals surface area contributed by atoms with Crippen molar-refractivity contribution in [2.45, 2.75) is 25.0 Å². The number of alkyl carbamates (subject to hydrolysis) is 1. The molecular formula is C27H26N2O6. The van der Waals surface area contributed by atoms with Crippen molar-refractivity contribution in [2.75, 3.05) is 13.7 Å². The molecule has 3 N–H and O–H groups in total. The molecule has 2 amide bonds. The van der Waals surface area contributed by atoms with Crippen LogP contribution in [0.5, 0.6) is 5.75 Å². The van der Waals surface area contributed by atoms with Crippen LogP contribution in [0.3, 0.4) is 0 Å². The fourth-order valence-electron chi connectivity index (χ4n) is 4.15. The number of esters is 1. The van der Waals surface area contributed by atoms with Crippen LogP contribution in [-0.2, 0) is 25.7 Å². The van der Waals surface area contributed by atoms with E-state index < -0.39 is 30.4 Å². The number of hydrogen-bond donors (Lipinski definition) is 2. The number of nitrogens with one attached hydrogen (secondary N) is 1. The third-order valence-electron chi connectivity index (χ3n) is 5.87. The van der Waals surface area contributed by atoms with Gasteiger partial charge in [-0.1, -0.05) is 60.7 Å². The summed E-state index contributed by atoms with van der Waals surface area (Å²) in [5.41, 5.74) is 10.3. The van der Waals surface area contributed by atoms with E-state index in [0.29, 0.717) is 5.75 Å². The van der Waals surface area contributed by atoms with Crippen LogP contribution in [0.4, 0.5) is 4.79 Å². The average Bonchev–Trinajstić information content (AvgIpc) is 3.19. The maximum atomic E-state index is 12.6. The quantitative estimate of drug-likeness (QED) is 0.458. The number of benzene rings is 3. The lowest BCUT2D eigenvalue weighted by molar-refractivity contribution is -0.148. The maximum Gasteiger partial charge on any atom is 0.407 e. The van der Waals surface area contributed by atoms with Gasteiger partial charge in [0.1, 0.15) is 25.0 Å². The van der Waals surface area contributed by atoms with Crippen LogP contribution >= 0.6 is 0 Å². The number of fused-ring (bicyclic) bond motifs is 3. The molecular weight excluding hydrogens is 448 g/mol. The zero-order valence-electron chi connectivity index (χ0n) is 19.2. The summed E-state index contributed by atoms with van der Waals surface area (Å²) in [5.74, 6) is -1.00. The summed E-state index contributed by atoms with van der Waals surface area (Å²) >= 11 is 0. The van der Waals surface area contributed by atoms with Crippen LogP contribution in [0.25, 0.3) is 11.1 Å². The third kappa shape index (κ3) is 5.60. The lowest BCUT2D eigenvalue weighted by Crippen LogP contribution is -2.44. The van der Waals surface area contributed by atoms with Gasteiger partial charge in [-0.3, -0.25) is 4.79 Å². The van der Waals surface area contributed by atoms with Crippen molar-refractivity contribution in [3.8, 4) is 16.9 Å². The van der Waals surface area contributed by atoms with Gasteiger partial charge in [0.25, 0.3) is 0 Å². The Hall–Kier alpha value is -4.33. The zero-order valence-corrected chi connectivity index (χ0v) is 19.2. The van der Waals surface area contributed by atoms with E-state index in [0.717, 1.165) is 27.8 Å². The van der Waals surface area contributed by atoms with Gasteiger partial charge in [0.05, 0.1) is 13.5 Å². The minimum absolute atomic E-state index is 0.0372. The lowest BCUT2D eigenvalue weighted by Gasteiger charge is -2.18. The highest BCUT2D eigenvalue weighted by Gasteiger charge is 2.30. The van der Waals surface area contributed by atoms with E-state index in [4.69, 9.17) is 19.9 Å². The van der Waals surface area contributed by atoms with E-state index in [9.17, 15) is 14.4 Å². The van der Waals surface area contributed by atoms with Crippen molar-refractivity contribution in [1.82, 2.24) is 5.32 Å². The number of hydrogen-bond acceptors (Lipinski definition) is 6. The number of rotatable bonds is 9. The van der Waals surface area contributed by atoms with Gasteiger partial charge in [0, 0.05) is 5.92 Å². The number of methoxy groups -OCH3 is 1. The first-order chi connectivity index (χ1) is 17.0. The number of carbonyl (C=O) groups excluding carboxylic acids is 3. The Labute approximate surface area is 203 Å². The summed E-state index contributed by atoms with van der Waals surface area (Å²) < 4.78 is 15.8. The molecule has 0 bridgehead atoms. The zero-order chi connectivity index (χ0) is 24.8. The molecule has 0 aliphatic heterocycles. The summed E-state index contributed by atoms with van der Waals surface area (Å²) in [7, 11) is 1.55. The first-order valence-corrected chi connectivity index (χ1v) is 11.2. The molecule has 1 aliphatic carbocycles. The summed E-state index contributed by atoms with van der Waals surface area (Å²) in [6.07, 6.45) is -1.24. The summed E-state index contributed by atoms with van der Waals surface area (Å²) in [5, 5.41) is 2.42. The minimum atomic E-state index is -1.26. The van der Waals surface area contributed by atoms with Crippen molar-refractivity contribution in [1.29, 1.82) is 0 Å². The Bertz CT molecular complexity index is 1180. The Morgan fingerprint density at radius 1 is 0.886 bits per heavy atom. The minimum Gasteiger partial charge on any atom is -0.497 e. The molecule has 1 aliphatic rings. The molecule has 0 aromatic heterocycles. The molecule has 0 spiro atoms. The Balaban J connectivity index is 1.37. The summed E-state index contributed by atoms with van der Waals surface area (Å²) in [6.45, 7) is 0.0362. The largest absolute Gasteiger partial charge is 0.497 e. The molecule has 3 aromatic rings. The van der Waals surface area contributed by atoms with Crippen LogP contribution in [0, 0.1) is 0 Å². The van der Waals surface area contributed by atoms with E-state index in [1.165, 1.54) is 0 Å². The van der Waals surface area contributed by atoms with Crippen molar-refractivity contribution < 1.29 is 28.6 Å². The highest BCUT2D eigenvalue weighted by Crippen LogP contribution is 2.44. The van der Waals surface area contributed by atoms with Gasteiger partial charge in [-0.2, -0.15) is 0 Å². The highest BCUT2D eigenvalue weighted by molar-refractivity contribution is 5.87. The summed E-state index contributed by atoms with van der Waals surface area (Å²) in [6, 6.07) is 21.6. The normalized spacial score (nSPS) is 12.7. The summed E-state index contributed by atoms with van der Waals surface area (Å²) in [4.78, 5) is 36.6. The number of carbonyl (C=O) groups is 3. The van der Waals surface area contributed by atoms with E-state index in [-0.39, 0.29) is 19.1 Å². The van der Waals surface area contributed by atoms with E-state index in [1.807, 2.05) is 48.5 Å². The standard InChI is InChI=1S/C27H26N2O6/c1-33-18-12-10-17(11-13-18)15-34-26(31)24(14-25(28)30)29-27(32)35-16-23-21-8-4-2-6-19(21)20-7-3-5-9-22(20)23/h2-13,23-24H,14-16H2,1H3,(H2,28,30)(H,29,32). The molecule has 0 saturated carbocycles. The molecule has 4 rings (SSSR count). The first kappa shape index (κ1) is 23.8. The fourth-order valence-corrected chi connectivity index (χ4v) is 4.15. The van der Waals surface area contributed by atoms with Crippen molar-refractivity contribution >= 4 is 18.0 Å². The number of primary amides is 1. The molecule has 0 heterocycles. The SMILES string of the molecule is COc1ccc(COC(=O)C(CC(N)=O)NC(=O)OCC2c3ccccc3-c3ccccc32)cc1. The predicted octanol–water partition coefficient (Wildman–Crippen LogP) is 3.52. The second-order valence-electron chi connectivity index (χ2n) is 8.15. The van der Waals surface area contributed by atoms with E-state index in [1.54, 1.807) is 31.4 Å². The molecule has 8 nitrogen and oxygen atoms in total. The van der Waals surface area contributed by atoms with Crippen LogP contribution in [-0.4, -0.2) is 37.7 Å². The predicted molar refractivity (Wildman–Crippen MR) is 129 cm³/mol. The van der Waals surface area contributed by atoms with Gasteiger partial charge in [-0.05, 0) is 39.9 Å². The van der Waals surface area contributed by atoms with Gasteiger partial charge in [0.2, 0.25) is 5.91 Å². The van der Waals surface area contributed by atoms with Crippen molar-refractivity contribution in [2.24, 2.45) is 5.73 Å². The topological polar surface area (TPSA) is 117 Å². The monoisotopic (exact) mass is 474 g/mol. The average molecular weight is 475 g/mol. The smallest absolute Gasteiger partial charge is 0.407 e. The van der Waals surface area contributed by atoms with E-state index >= 15 is 0 Å². The second kappa shape index (κ2) is 10.7. The van der Waals surface area contributed by atoms with Gasteiger partial charge >= 0.3 is 12.1 Å². The molecule has 1 unspecified atom stereocenters. The number of ether oxygens (including phenoxy) is 3. The lowest BCUT2D eigenvalue weighted by atomic mass is 9.98. The van der Waals surface area contributed by atoms with Gasteiger partial charge in [0.15, 0.2) is 0 Å². The molecule has 8 heteroatoms. The van der Waals surface area contributed by atoms with Gasteiger partial charge in [-0.15, -0.1) is 0 Å². The van der Waals surface area contributed by atoms with Gasteiger partial charge in [-0.25, -0.2) is 9.59 Å². The number of amides is 2. The molecule has 0 saturated heterocycles. The first-order valence-electron chi connectivity index (χ1n) is 11.2.